The summed E-state index contributed by atoms with van der Waals surface area (Å²) in [5.41, 5.74) is 2.47. The van der Waals surface area contributed by atoms with E-state index in [9.17, 15) is 0 Å². The van der Waals surface area contributed by atoms with Gasteiger partial charge in [-0.05, 0) is 56.3 Å². The predicted octanol–water partition coefficient (Wildman–Crippen LogP) is 8.36. The minimum atomic E-state index is 1.19. The number of hydrogen-bond donors (Lipinski definition) is 0. The highest BCUT2D eigenvalue weighted by Gasteiger charge is 2.16. The average molecular weight is 414 g/mol. The van der Waals surface area contributed by atoms with E-state index in [0.29, 0.717) is 0 Å². The molecule has 0 aliphatic heterocycles. The standard InChI is InChI=1S/C29H19NS/c1-2-9-21(10-3-1)28-24-12-6-7-13-25(24)29(26-16-17-30-19-27(26)28)31-23-15-14-20-8-4-5-11-22(20)18-23/h1-19H. The van der Waals surface area contributed by atoms with Gasteiger partial charge in [0.1, 0.15) is 0 Å². The Kier molecular flexibility index (Phi) is 4.44. The van der Waals surface area contributed by atoms with Gasteiger partial charge in [-0.1, -0.05) is 96.7 Å². The van der Waals surface area contributed by atoms with Crippen LogP contribution in [0.5, 0.6) is 0 Å². The molecule has 0 fully saturated rings. The normalized spacial score (nSPS) is 11.4. The monoisotopic (exact) mass is 413 g/mol. The Labute approximate surface area is 185 Å². The van der Waals surface area contributed by atoms with Crippen LogP contribution in [-0.4, -0.2) is 4.98 Å². The van der Waals surface area contributed by atoms with Crippen molar-refractivity contribution in [2.75, 3.05) is 0 Å². The van der Waals surface area contributed by atoms with Crippen molar-refractivity contribution in [1.82, 2.24) is 4.98 Å². The Morgan fingerprint density at radius 3 is 2.13 bits per heavy atom. The van der Waals surface area contributed by atoms with Crippen molar-refractivity contribution in [3.8, 4) is 11.1 Å². The van der Waals surface area contributed by atoms with Gasteiger partial charge in [0.2, 0.25) is 0 Å². The lowest BCUT2D eigenvalue weighted by Crippen LogP contribution is -1.90. The summed E-state index contributed by atoms with van der Waals surface area (Å²) in [7, 11) is 0. The second-order valence-electron chi connectivity index (χ2n) is 7.65. The summed E-state index contributed by atoms with van der Waals surface area (Å²) in [6.45, 7) is 0. The molecule has 6 aromatic rings. The molecular weight excluding hydrogens is 394 g/mol. The maximum Gasteiger partial charge on any atom is 0.0353 e. The Hall–Kier alpha value is -3.62. The van der Waals surface area contributed by atoms with Crippen LogP contribution < -0.4 is 0 Å². The van der Waals surface area contributed by atoms with Crippen LogP contribution in [0.1, 0.15) is 0 Å². The third-order valence-electron chi connectivity index (χ3n) is 5.78. The molecule has 0 unspecified atom stereocenters. The summed E-state index contributed by atoms with van der Waals surface area (Å²) in [6, 6.07) is 36.8. The highest BCUT2D eigenvalue weighted by atomic mass is 32.2. The molecular formula is C29H19NS. The largest absolute Gasteiger partial charge is 0.264 e. The summed E-state index contributed by atoms with van der Waals surface area (Å²) >= 11 is 1.84. The van der Waals surface area contributed by atoms with Crippen LogP contribution in [0.3, 0.4) is 0 Å². The highest BCUT2D eigenvalue weighted by Crippen LogP contribution is 2.45. The summed E-state index contributed by atoms with van der Waals surface area (Å²) in [4.78, 5) is 7.01. The molecule has 0 saturated heterocycles. The topological polar surface area (TPSA) is 12.9 Å². The molecule has 1 nitrogen and oxygen atoms in total. The zero-order valence-corrected chi connectivity index (χ0v) is 17.6. The molecule has 6 rings (SSSR count). The lowest BCUT2D eigenvalue weighted by Gasteiger charge is -2.16. The van der Waals surface area contributed by atoms with Gasteiger partial charge in [0.25, 0.3) is 0 Å². The number of rotatable bonds is 3. The first-order chi connectivity index (χ1) is 15.4. The zero-order chi connectivity index (χ0) is 20.6. The Morgan fingerprint density at radius 1 is 0.548 bits per heavy atom. The second kappa shape index (κ2) is 7.57. The van der Waals surface area contributed by atoms with Gasteiger partial charge in [-0.25, -0.2) is 0 Å². The van der Waals surface area contributed by atoms with Crippen LogP contribution in [0.4, 0.5) is 0 Å². The van der Waals surface area contributed by atoms with E-state index in [1.165, 1.54) is 53.2 Å². The molecule has 0 amide bonds. The zero-order valence-electron chi connectivity index (χ0n) is 16.8. The Morgan fingerprint density at radius 2 is 1.26 bits per heavy atom. The predicted molar refractivity (Wildman–Crippen MR) is 133 cm³/mol. The quantitative estimate of drug-likeness (QED) is 0.270. The number of benzene rings is 5. The van der Waals surface area contributed by atoms with Crippen molar-refractivity contribution in [1.29, 1.82) is 0 Å². The van der Waals surface area contributed by atoms with Gasteiger partial charge in [-0.2, -0.15) is 0 Å². The number of fused-ring (bicyclic) bond motifs is 3. The number of nitrogens with zero attached hydrogens (tertiary/aromatic N) is 1. The van der Waals surface area contributed by atoms with Crippen molar-refractivity contribution in [2.45, 2.75) is 9.79 Å². The van der Waals surface area contributed by atoms with E-state index < -0.39 is 0 Å². The van der Waals surface area contributed by atoms with Crippen LogP contribution >= 0.6 is 11.8 Å². The fourth-order valence-electron chi connectivity index (χ4n) is 4.36. The van der Waals surface area contributed by atoms with Gasteiger partial charge in [-0.3, -0.25) is 4.98 Å². The minimum absolute atomic E-state index is 1.19. The average Bonchev–Trinajstić information content (AvgIpc) is 2.84. The first kappa shape index (κ1) is 18.2. The summed E-state index contributed by atoms with van der Waals surface area (Å²) in [6.07, 6.45) is 3.91. The van der Waals surface area contributed by atoms with Crippen LogP contribution in [-0.2, 0) is 0 Å². The van der Waals surface area contributed by atoms with Crippen LogP contribution in [0, 0.1) is 0 Å². The SMILES string of the molecule is c1ccc(-c2c3ccccc3c(Sc3ccc4ccccc4c3)c3ccncc23)cc1. The number of aromatic nitrogens is 1. The molecule has 0 atom stereocenters. The summed E-state index contributed by atoms with van der Waals surface area (Å²) in [5.74, 6) is 0. The van der Waals surface area contributed by atoms with Crippen molar-refractivity contribution in [3.63, 3.8) is 0 Å². The van der Waals surface area contributed by atoms with Gasteiger partial charge in [0.05, 0.1) is 0 Å². The van der Waals surface area contributed by atoms with Gasteiger partial charge < -0.3 is 0 Å². The molecule has 0 aliphatic rings. The molecule has 146 valence electrons. The van der Waals surface area contributed by atoms with E-state index in [1.54, 1.807) is 0 Å². The molecule has 0 aliphatic carbocycles. The molecule has 2 heteroatoms. The van der Waals surface area contributed by atoms with Gasteiger partial charge in [0.15, 0.2) is 0 Å². The lowest BCUT2D eigenvalue weighted by atomic mass is 9.93. The molecule has 0 N–H and O–H groups in total. The van der Waals surface area contributed by atoms with Crippen LogP contribution in [0.2, 0.25) is 0 Å². The van der Waals surface area contributed by atoms with E-state index in [2.05, 4.69) is 108 Å². The molecule has 0 spiro atoms. The number of pyridine rings is 1. The summed E-state index contributed by atoms with van der Waals surface area (Å²) < 4.78 is 0. The molecule has 31 heavy (non-hydrogen) atoms. The smallest absolute Gasteiger partial charge is 0.0353 e. The van der Waals surface area contributed by atoms with E-state index >= 15 is 0 Å². The second-order valence-corrected chi connectivity index (χ2v) is 8.73. The Balaban J connectivity index is 1.64. The van der Waals surface area contributed by atoms with Gasteiger partial charge in [0, 0.05) is 27.6 Å². The van der Waals surface area contributed by atoms with Gasteiger partial charge >= 0.3 is 0 Å². The van der Waals surface area contributed by atoms with E-state index in [0.717, 1.165) is 0 Å². The van der Waals surface area contributed by atoms with E-state index in [4.69, 9.17) is 0 Å². The van der Waals surface area contributed by atoms with Crippen LogP contribution in [0.25, 0.3) is 43.4 Å². The van der Waals surface area contributed by atoms with E-state index in [1.807, 2.05) is 24.2 Å². The molecule has 1 aromatic heterocycles. The maximum atomic E-state index is 4.49. The molecule has 0 bridgehead atoms. The van der Waals surface area contributed by atoms with E-state index in [-0.39, 0.29) is 0 Å². The van der Waals surface area contributed by atoms with Crippen molar-refractivity contribution >= 4 is 44.1 Å². The fourth-order valence-corrected chi connectivity index (χ4v) is 5.49. The Bertz CT molecular complexity index is 1500. The lowest BCUT2D eigenvalue weighted by molar-refractivity contribution is 1.36. The minimum Gasteiger partial charge on any atom is -0.264 e. The third kappa shape index (κ3) is 3.17. The van der Waals surface area contributed by atoms with Crippen molar-refractivity contribution < 1.29 is 0 Å². The highest BCUT2D eigenvalue weighted by molar-refractivity contribution is 7.99. The first-order valence-electron chi connectivity index (χ1n) is 10.4. The maximum absolute atomic E-state index is 4.49. The van der Waals surface area contributed by atoms with Crippen molar-refractivity contribution in [3.05, 3.63) is 116 Å². The third-order valence-corrected chi connectivity index (χ3v) is 6.91. The molecule has 1 heterocycles. The van der Waals surface area contributed by atoms with Crippen molar-refractivity contribution in [2.24, 2.45) is 0 Å². The molecule has 5 aromatic carbocycles. The molecule has 0 radical (unpaired) electrons. The summed E-state index contributed by atoms with van der Waals surface area (Å²) in [5, 5.41) is 7.51. The molecule has 0 saturated carbocycles. The number of hydrogen-bond acceptors (Lipinski definition) is 2. The fraction of sp³-hybridized carbons (Fsp3) is 0. The first-order valence-corrected chi connectivity index (χ1v) is 11.2. The van der Waals surface area contributed by atoms with Gasteiger partial charge in [-0.15, -0.1) is 0 Å². The van der Waals surface area contributed by atoms with Crippen LogP contribution in [0.15, 0.2) is 125 Å².